The van der Waals surface area contributed by atoms with Crippen LogP contribution in [0.1, 0.15) is 64.6 Å². The summed E-state index contributed by atoms with van der Waals surface area (Å²) in [6, 6.07) is 17.3. The SMILES string of the molecule is N#Cc1ccc(COc2nc(C3CCN(Cc4nc5ccc(C(=O)O)cc5n4CC4CCCO4)CC3)ccc2F)cc1. The minimum atomic E-state index is -0.956. The normalized spacial score (nSPS) is 17.9. The number of aromatic nitrogens is 3. The van der Waals surface area contributed by atoms with Crippen LogP contribution in [0.4, 0.5) is 4.39 Å². The number of carboxylic acid groups (broad SMARTS) is 1. The lowest BCUT2D eigenvalue weighted by Gasteiger charge is -2.31. The molecule has 0 saturated carbocycles. The zero-order valence-electron chi connectivity index (χ0n) is 23.2. The fourth-order valence-corrected chi connectivity index (χ4v) is 5.80. The number of piperidine rings is 1. The molecule has 0 aliphatic carbocycles. The highest BCUT2D eigenvalue weighted by atomic mass is 19.1. The van der Waals surface area contributed by atoms with Crippen LogP contribution >= 0.6 is 0 Å². The molecule has 4 aromatic rings. The molecule has 10 heteroatoms. The van der Waals surface area contributed by atoms with Gasteiger partial charge in [0.2, 0.25) is 0 Å². The molecule has 1 unspecified atom stereocenters. The van der Waals surface area contributed by atoms with Gasteiger partial charge in [-0.2, -0.15) is 5.26 Å². The second-order valence-corrected chi connectivity index (χ2v) is 11.0. The number of aromatic carboxylic acids is 1. The van der Waals surface area contributed by atoms with Gasteiger partial charge in [0.15, 0.2) is 5.82 Å². The van der Waals surface area contributed by atoms with E-state index in [1.54, 1.807) is 48.5 Å². The molecule has 1 N–H and O–H groups in total. The van der Waals surface area contributed by atoms with E-state index in [0.29, 0.717) is 18.7 Å². The summed E-state index contributed by atoms with van der Waals surface area (Å²) in [5, 5.41) is 18.5. The quantitative estimate of drug-likeness (QED) is 0.290. The number of halogens is 1. The molecule has 0 radical (unpaired) electrons. The molecule has 1 atom stereocenters. The van der Waals surface area contributed by atoms with Crippen molar-refractivity contribution in [2.24, 2.45) is 0 Å². The van der Waals surface area contributed by atoms with Crippen LogP contribution in [-0.4, -0.2) is 56.3 Å². The first-order chi connectivity index (χ1) is 20.5. The van der Waals surface area contributed by atoms with Crippen LogP contribution in [0.3, 0.4) is 0 Å². The fraction of sp³-hybridized carbons (Fsp3) is 0.375. The van der Waals surface area contributed by atoms with E-state index in [1.165, 1.54) is 6.07 Å². The fourth-order valence-electron chi connectivity index (χ4n) is 5.80. The van der Waals surface area contributed by atoms with Crippen molar-refractivity contribution in [1.82, 2.24) is 19.4 Å². The van der Waals surface area contributed by atoms with Gasteiger partial charge in [-0.3, -0.25) is 4.90 Å². The van der Waals surface area contributed by atoms with Crippen molar-refractivity contribution < 1.29 is 23.8 Å². The van der Waals surface area contributed by atoms with Crippen LogP contribution < -0.4 is 4.74 Å². The lowest BCUT2D eigenvalue weighted by atomic mass is 9.93. The zero-order chi connectivity index (χ0) is 29.1. The summed E-state index contributed by atoms with van der Waals surface area (Å²) in [6.07, 6.45) is 3.83. The Morgan fingerprint density at radius 1 is 1.10 bits per heavy atom. The van der Waals surface area contributed by atoms with Crippen molar-refractivity contribution >= 4 is 17.0 Å². The van der Waals surface area contributed by atoms with Crippen LogP contribution in [0.2, 0.25) is 0 Å². The number of nitrogens with zero attached hydrogens (tertiary/aromatic N) is 5. The molecule has 2 aliphatic heterocycles. The van der Waals surface area contributed by atoms with E-state index in [2.05, 4.69) is 20.5 Å². The van der Waals surface area contributed by atoms with Crippen molar-refractivity contribution in [1.29, 1.82) is 5.26 Å². The summed E-state index contributed by atoms with van der Waals surface area (Å²) in [7, 11) is 0. The predicted octanol–water partition coefficient (Wildman–Crippen LogP) is 5.28. The molecular formula is C32H32FN5O4. The number of nitriles is 1. The number of pyridine rings is 1. The van der Waals surface area contributed by atoms with E-state index in [0.717, 1.165) is 73.5 Å². The van der Waals surface area contributed by atoms with E-state index in [4.69, 9.17) is 19.7 Å². The Hall–Kier alpha value is -4.33. The number of rotatable bonds is 9. The van der Waals surface area contributed by atoms with Crippen molar-refractivity contribution in [2.75, 3.05) is 19.7 Å². The lowest BCUT2D eigenvalue weighted by Crippen LogP contribution is -2.34. The third-order valence-corrected chi connectivity index (χ3v) is 8.15. The van der Waals surface area contributed by atoms with E-state index in [9.17, 15) is 14.3 Å². The van der Waals surface area contributed by atoms with Gasteiger partial charge in [0, 0.05) is 18.2 Å². The largest absolute Gasteiger partial charge is 0.478 e. The lowest BCUT2D eigenvalue weighted by molar-refractivity contribution is 0.0697. The molecule has 9 nitrogen and oxygen atoms in total. The number of carbonyl (C=O) groups is 1. The van der Waals surface area contributed by atoms with Gasteiger partial charge in [0.25, 0.3) is 5.88 Å². The number of ether oxygens (including phenoxy) is 2. The molecule has 0 amide bonds. The molecule has 4 heterocycles. The molecule has 216 valence electrons. The van der Waals surface area contributed by atoms with Gasteiger partial charge in [0.1, 0.15) is 12.4 Å². The van der Waals surface area contributed by atoms with Gasteiger partial charge in [-0.1, -0.05) is 12.1 Å². The van der Waals surface area contributed by atoms with Crippen molar-refractivity contribution in [2.45, 2.75) is 57.4 Å². The summed E-state index contributed by atoms with van der Waals surface area (Å²) in [5.41, 5.74) is 4.06. The highest BCUT2D eigenvalue weighted by molar-refractivity contribution is 5.92. The molecule has 0 bridgehead atoms. The Morgan fingerprint density at radius 2 is 1.90 bits per heavy atom. The third-order valence-electron chi connectivity index (χ3n) is 8.15. The molecule has 2 aromatic carbocycles. The van der Waals surface area contributed by atoms with Gasteiger partial charge < -0.3 is 19.1 Å². The molecular weight excluding hydrogens is 537 g/mol. The summed E-state index contributed by atoms with van der Waals surface area (Å²) >= 11 is 0. The number of hydrogen-bond acceptors (Lipinski definition) is 7. The Labute approximate surface area is 243 Å². The molecule has 2 saturated heterocycles. The summed E-state index contributed by atoms with van der Waals surface area (Å²) < 4.78 is 28.2. The van der Waals surface area contributed by atoms with Crippen molar-refractivity contribution in [3.63, 3.8) is 0 Å². The number of fused-ring (bicyclic) bond motifs is 1. The van der Waals surface area contributed by atoms with Gasteiger partial charge in [-0.15, -0.1) is 0 Å². The van der Waals surface area contributed by atoms with Gasteiger partial charge in [0.05, 0.1) is 47.4 Å². The van der Waals surface area contributed by atoms with Crippen LogP contribution in [-0.2, 0) is 24.4 Å². The summed E-state index contributed by atoms with van der Waals surface area (Å²) in [5.74, 6) is -0.380. The standard InChI is InChI=1S/C32H32FN5O4/c33-26-8-10-27(36-31(26)42-20-22-5-3-21(17-34)4-6-22)23-11-13-37(14-12-23)19-30-35-28-9-7-24(32(39)40)16-29(28)38(30)18-25-2-1-15-41-25/h3-10,16,23,25H,1-2,11-15,18-20H2,(H,39,40). The van der Waals surface area contributed by atoms with Gasteiger partial charge >= 0.3 is 5.97 Å². The Morgan fingerprint density at radius 3 is 2.62 bits per heavy atom. The second kappa shape index (κ2) is 12.3. The second-order valence-electron chi connectivity index (χ2n) is 11.0. The summed E-state index contributed by atoms with van der Waals surface area (Å²) in [4.78, 5) is 23.4. The Bertz CT molecular complexity index is 1620. The highest BCUT2D eigenvalue weighted by Crippen LogP contribution is 2.30. The van der Waals surface area contributed by atoms with E-state index < -0.39 is 11.8 Å². The Balaban J connectivity index is 1.12. The van der Waals surface area contributed by atoms with E-state index in [1.807, 2.05) is 0 Å². The molecule has 2 aliphatic rings. The van der Waals surface area contributed by atoms with Crippen molar-refractivity contribution in [3.8, 4) is 11.9 Å². The molecule has 2 aromatic heterocycles. The zero-order valence-corrected chi connectivity index (χ0v) is 23.2. The van der Waals surface area contributed by atoms with Crippen LogP contribution in [0.25, 0.3) is 11.0 Å². The molecule has 0 spiro atoms. The highest BCUT2D eigenvalue weighted by Gasteiger charge is 2.26. The number of hydrogen-bond donors (Lipinski definition) is 1. The van der Waals surface area contributed by atoms with E-state index >= 15 is 0 Å². The molecule has 6 rings (SSSR count). The van der Waals surface area contributed by atoms with Crippen molar-refractivity contribution in [3.05, 3.63) is 88.6 Å². The minimum absolute atomic E-state index is 0.0112. The first kappa shape index (κ1) is 27.8. The van der Waals surface area contributed by atoms with E-state index in [-0.39, 0.29) is 30.1 Å². The number of likely N-dealkylation sites (tertiary alicyclic amines) is 1. The van der Waals surface area contributed by atoms with Crippen LogP contribution in [0, 0.1) is 17.1 Å². The first-order valence-corrected chi connectivity index (χ1v) is 14.3. The first-order valence-electron chi connectivity index (χ1n) is 14.3. The monoisotopic (exact) mass is 569 g/mol. The Kier molecular flexibility index (Phi) is 8.13. The average molecular weight is 570 g/mol. The maximum Gasteiger partial charge on any atom is 0.335 e. The number of benzene rings is 2. The van der Waals surface area contributed by atoms with Gasteiger partial charge in [-0.25, -0.2) is 19.2 Å². The summed E-state index contributed by atoms with van der Waals surface area (Å²) in [6.45, 7) is 3.87. The topological polar surface area (TPSA) is 114 Å². The van der Waals surface area contributed by atoms with Gasteiger partial charge in [-0.05, 0) is 86.8 Å². The minimum Gasteiger partial charge on any atom is -0.478 e. The number of carboxylic acids is 1. The number of imidazole rings is 1. The van der Waals surface area contributed by atoms with Crippen LogP contribution in [0.5, 0.6) is 5.88 Å². The maximum atomic E-state index is 14.5. The average Bonchev–Trinajstić information content (AvgIpc) is 3.65. The van der Waals surface area contributed by atoms with Crippen LogP contribution in [0.15, 0.2) is 54.6 Å². The molecule has 2 fully saturated rings. The smallest absolute Gasteiger partial charge is 0.335 e. The maximum absolute atomic E-state index is 14.5. The molecule has 42 heavy (non-hydrogen) atoms. The predicted molar refractivity (Wildman–Crippen MR) is 153 cm³/mol. The third kappa shape index (κ3) is 6.12.